The molecule has 1 aliphatic rings. The predicted octanol–water partition coefficient (Wildman–Crippen LogP) is -0.272. The van der Waals surface area contributed by atoms with Crippen LogP contribution in [0, 0.1) is 6.92 Å². The zero-order valence-corrected chi connectivity index (χ0v) is 11.0. The van der Waals surface area contributed by atoms with E-state index in [-0.39, 0.29) is 13.2 Å². The highest BCUT2D eigenvalue weighted by Crippen LogP contribution is 2.13. The third kappa shape index (κ3) is 3.63. The van der Waals surface area contributed by atoms with Gasteiger partial charge in [0.2, 0.25) is 0 Å². The maximum Gasteiger partial charge on any atom is 0.278 e. The molecular weight excluding hydrogens is 254 g/mol. The SMILES string of the molecule is CC1=NON[C@@H]1OC[C@@](C)(N)COc1nonc1C. The summed E-state index contributed by atoms with van der Waals surface area (Å²) in [5, 5.41) is 10.9. The number of nitrogens with one attached hydrogen (secondary N) is 1. The third-order valence-corrected chi connectivity index (χ3v) is 2.46. The monoisotopic (exact) mass is 271 g/mol. The van der Waals surface area contributed by atoms with Crippen LogP contribution in [0.1, 0.15) is 19.5 Å². The Morgan fingerprint density at radius 3 is 2.74 bits per heavy atom. The van der Waals surface area contributed by atoms with Crippen molar-refractivity contribution in [3.8, 4) is 5.88 Å². The maximum atomic E-state index is 6.07. The van der Waals surface area contributed by atoms with Crippen LogP contribution in [0.5, 0.6) is 5.88 Å². The Morgan fingerprint density at radius 2 is 2.16 bits per heavy atom. The normalized spacial score (nSPS) is 21.7. The highest BCUT2D eigenvalue weighted by Gasteiger charge is 2.26. The minimum Gasteiger partial charge on any atom is -0.472 e. The van der Waals surface area contributed by atoms with E-state index >= 15 is 0 Å². The van der Waals surface area contributed by atoms with Gasteiger partial charge in [-0.2, -0.15) is 0 Å². The molecule has 0 aliphatic carbocycles. The second kappa shape index (κ2) is 5.51. The molecule has 2 rings (SSSR count). The summed E-state index contributed by atoms with van der Waals surface area (Å²) in [6, 6.07) is 0. The molecule has 1 aliphatic heterocycles. The summed E-state index contributed by atoms with van der Waals surface area (Å²) in [4.78, 5) is 4.68. The fourth-order valence-corrected chi connectivity index (χ4v) is 1.34. The lowest BCUT2D eigenvalue weighted by Gasteiger charge is -2.25. The van der Waals surface area contributed by atoms with Gasteiger partial charge in [0.25, 0.3) is 5.88 Å². The van der Waals surface area contributed by atoms with Crippen molar-refractivity contribution in [1.29, 1.82) is 0 Å². The molecule has 0 saturated heterocycles. The summed E-state index contributed by atoms with van der Waals surface area (Å²) in [5.41, 5.74) is 9.25. The number of hydrogen-bond donors (Lipinski definition) is 2. The first-order valence-corrected chi connectivity index (χ1v) is 5.76. The lowest BCUT2D eigenvalue weighted by molar-refractivity contribution is -0.0479. The van der Waals surface area contributed by atoms with Gasteiger partial charge >= 0.3 is 0 Å². The Hall–Kier alpha value is -1.71. The van der Waals surface area contributed by atoms with E-state index in [1.807, 2.05) is 0 Å². The van der Waals surface area contributed by atoms with Crippen LogP contribution in [0.25, 0.3) is 0 Å². The largest absolute Gasteiger partial charge is 0.472 e. The van der Waals surface area contributed by atoms with Crippen molar-refractivity contribution in [3.63, 3.8) is 0 Å². The summed E-state index contributed by atoms with van der Waals surface area (Å²) >= 11 is 0. The molecule has 0 amide bonds. The van der Waals surface area contributed by atoms with Gasteiger partial charge in [0.15, 0.2) is 6.23 Å². The van der Waals surface area contributed by atoms with Gasteiger partial charge in [-0.15, -0.1) is 0 Å². The molecule has 1 aromatic heterocycles. The van der Waals surface area contributed by atoms with Crippen LogP contribution in [0.4, 0.5) is 0 Å². The molecule has 2 heterocycles. The Bertz CT molecular complexity index is 459. The first kappa shape index (κ1) is 13.7. The number of aromatic nitrogens is 2. The molecule has 0 saturated carbocycles. The number of aryl methyl sites for hydroxylation is 1. The van der Waals surface area contributed by atoms with Crippen molar-refractivity contribution in [2.45, 2.75) is 32.5 Å². The summed E-state index contributed by atoms with van der Waals surface area (Å²) in [6.45, 7) is 5.80. The van der Waals surface area contributed by atoms with Crippen molar-refractivity contribution in [2.75, 3.05) is 13.2 Å². The highest BCUT2D eigenvalue weighted by atomic mass is 16.8. The van der Waals surface area contributed by atoms with E-state index in [0.29, 0.717) is 17.3 Å². The molecule has 2 atom stereocenters. The van der Waals surface area contributed by atoms with Crippen molar-refractivity contribution >= 4 is 5.71 Å². The number of oxime groups is 1. The average molecular weight is 271 g/mol. The highest BCUT2D eigenvalue weighted by molar-refractivity contribution is 5.86. The summed E-state index contributed by atoms with van der Waals surface area (Å²) in [5.74, 6) is 0.330. The number of hydrogen-bond acceptors (Lipinski definition) is 9. The van der Waals surface area contributed by atoms with E-state index in [1.165, 1.54) is 0 Å². The van der Waals surface area contributed by atoms with E-state index in [2.05, 4.69) is 30.5 Å². The average Bonchev–Trinajstić information content (AvgIpc) is 2.93. The summed E-state index contributed by atoms with van der Waals surface area (Å²) in [6.07, 6.45) is -0.390. The zero-order valence-electron chi connectivity index (χ0n) is 11.0. The molecule has 1 aromatic rings. The summed E-state index contributed by atoms with van der Waals surface area (Å²) < 4.78 is 15.5. The standard InChI is InChI=1S/C10H17N5O4/c1-6-8(14-18-12-6)16-4-10(3,11)5-17-9-7(2)13-19-15-9/h8,14H,4-5,11H2,1-3H3/t8-,10-/m1/s1. The molecule has 0 aromatic carbocycles. The molecule has 106 valence electrons. The zero-order chi connectivity index (χ0) is 13.9. The predicted molar refractivity (Wildman–Crippen MR) is 64.2 cm³/mol. The van der Waals surface area contributed by atoms with Crippen molar-refractivity contribution < 1.29 is 19.0 Å². The second-order valence-corrected chi connectivity index (χ2v) is 4.73. The maximum absolute atomic E-state index is 6.07. The van der Waals surface area contributed by atoms with Crippen LogP contribution in [-0.4, -0.2) is 41.0 Å². The number of nitrogens with two attached hydrogens (primary N) is 1. The van der Waals surface area contributed by atoms with E-state index in [1.54, 1.807) is 20.8 Å². The van der Waals surface area contributed by atoms with Crippen LogP contribution >= 0.6 is 0 Å². The molecule has 0 spiro atoms. The fourth-order valence-electron chi connectivity index (χ4n) is 1.34. The van der Waals surface area contributed by atoms with Gasteiger partial charge in [-0.3, -0.25) is 4.94 Å². The van der Waals surface area contributed by atoms with Crippen LogP contribution in [0.3, 0.4) is 0 Å². The number of ether oxygens (including phenoxy) is 2. The van der Waals surface area contributed by atoms with Crippen LogP contribution in [0.2, 0.25) is 0 Å². The molecule has 9 heteroatoms. The van der Waals surface area contributed by atoms with Crippen LogP contribution < -0.4 is 16.0 Å². The first-order valence-electron chi connectivity index (χ1n) is 5.76. The van der Waals surface area contributed by atoms with Gasteiger partial charge in [-0.05, 0) is 25.9 Å². The molecule has 0 fully saturated rings. The van der Waals surface area contributed by atoms with Gasteiger partial charge in [-0.1, -0.05) is 15.8 Å². The van der Waals surface area contributed by atoms with E-state index < -0.39 is 11.8 Å². The molecule has 3 N–H and O–H groups in total. The minimum atomic E-state index is -0.698. The first-order chi connectivity index (χ1) is 8.98. The lowest BCUT2D eigenvalue weighted by Crippen LogP contribution is -2.49. The third-order valence-electron chi connectivity index (χ3n) is 2.46. The van der Waals surface area contributed by atoms with Gasteiger partial charge in [0, 0.05) is 0 Å². The van der Waals surface area contributed by atoms with E-state index in [9.17, 15) is 0 Å². The van der Waals surface area contributed by atoms with Gasteiger partial charge in [0.05, 0.1) is 12.1 Å². The topological polar surface area (TPSA) is 117 Å². The molecule has 0 radical (unpaired) electrons. The van der Waals surface area contributed by atoms with Gasteiger partial charge in [0.1, 0.15) is 18.0 Å². The van der Waals surface area contributed by atoms with Crippen LogP contribution in [-0.2, 0) is 9.68 Å². The smallest absolute Gasteiger partial charge is 0.278 e. The van der Waals surface area contributed by atoms with E-state index in [0.717, 1.165) is 0 Å². The summed E-state index contributed by atoms with van der Waals surface area (Å²) in [7, 11) is 0. The molecule has 9 nitrogen and oxygen atoms in total. The van der Waals surface area contributed by atoms with Crippen molar-refractivity contribution in [3.05, 3.63) is 5.69 Å². The van der Waals surface area contributed by atoms with Crippen LogP contribution in [0.15, 0.2) is 9.78 Å². The molecular formula is C10H17N5O4. The quantitative estimate of drug-likeness (QED) is 0.726. The molecule has 0 bridgehead atoms. The number of nitrogens with zero attached hydrogens (tertiary/aromatic N) is 3. The number of rotatable bonds is 6. The Balaban J connectivity index is 1.78. The van der Waals surface area contributed by atoms with Crippen molar-refractivity contribution in [1.82, 2.24) is 15.8 Å². The van der Waals surface area contributed by atoms with E-state index in [4.69, 9.17) is 15.2 Å². The molecule has 19 heavy (non-hydrogen) atoms. The number of hydroxylamine groups is 1. The minimum absolute atomic E-state index is 0.214. The lowest BCUT2D eigenvalue weighted by atomic mass is 10.1. The second-order valence-electron chi connectivity index (χ2n) is 4.73. The van der Waals surface area contributed by atoms with Gasteiger partial charge in [-0.25, -0.2) is 4.63 Å². The van der Waals surface area contributed by atoms with Gasteiger partial charge < -0.3 is 15.2 Å². The fraction of sp³-hybridized carbons (Fsp3) is 0.700. The molecule has 0 unspecified atom stereocenters. The Morgan fingerprint density at radius 1 is 1.37 bits per heavy atom. The van der Waals surface area contributed by atoms with Crippen molar-refractivity contribution in [2.24, 2.45) is 10.9 Å². The Labute approximate surface area is 110 Å². The Kier molecular flexibility index (Phi) is 3.98.